The van der Waals surface area contributed by atoms with Crippen LogP contribution < -0.4 is 5.32 Å². The molecule has 0 unspecified atom stereocenters. The summed E-state index contributed by atoms with van der Waals surface area (Å²) in [5.74, 6) is -0.0497. The zero-order valence-corrected chi connectivity index (χ0v) is 18.8. The molecule has 4 aromatic rings. The summed E-state index contributed by atoms with van der Waals surface area (Å²) in [5.41, 5.74) is 8.35. The number of hydrogen-bond donors (Lipinski definition) is 1. The molecule has 0 fully saturated rings. The van der Waals surface area contributed by atoms with Crippen molar-refractivity contribution in [2.75, 3.05) is 6.54 Å². The number of fused-ring (bicyclic) bond motifs is 1. The molecule has 0 aliphatic rings. The highest BCUT2D eigenvalue weighted by Crippen LogP contribution is 2.31. The first-order chi connectivity index (χ1) is 14.9. The van der Waals surface area contributed by atoms with Crippen molar-refractivity contribution in [2.24, 2.45) is 0 Å². The summed E-state index contributed by atoms with van der Waals surface area (Å²) in [5, 5.41) is 13.9. The number of carbonyl (C=O) groups excluding carboxylic acids is 1. The number of amides is 1. The molecule has 0 aliphatic carbocycles. The Morgan fingerprint density at radius 2 is 1.42 bits per heavy atom. The summed E-state index contributed by atoms with van der Waals surface area (Å²) in [7, 11) is 0. The van der Waals surface area contributed by atoms with Gasteiger partial charge < -0.3 is 9.88 Å². The van der Waals surface area contributed by atoms with Crippen LogP contribution in [0.4, 0.5) is 0 Å². The molecule has 0 radical (unpaired) electrons. The van der Waals surface area contributed by atoms with Crippen molar-refractivity contribution in [1.82, 2.24) is 20.1 Å². The summed E-state index contributed by atoms with van der Waals surface area (Å²) in [6, 6.07) is 16.0. The predicted molar refractivity (Wildman–Crippen MR) is 125 cm³/mol. The molecule has 5 nitrogen and oxygen atoms in total. The van der Waals surface area contributed by atoms with Crippen LogP contribution in [-0.2, 0) is 6.42 Å². The van der Waals surface area contributed by atoms with Crippen LogP contribution in [0.25, 0.3) is 16.5 Å². The molecule has 1 amide bonds. The molecular formula is C26H28N4O. The summed E-state index contributed by atoms with van der Waals surface area (Å²) in [6.45, 7) is 10.9. The first kappa shape index (κ1) is 20.8. The second-order valence-corrected chi connectivity index (χ2v) is 8.11. The Kier molecular flexibility index (Phi) is 5.59. The van der Waals surface area contributed by atoms with Gasteiger partial charge in [-0.05, 0) is 76.4 Å². The standard InChI is InChI=1S/C26H28N4O/c1-16-8-6-7-9-21(16)14-15-27-26(31)22-10-12-23(13-11-22)30-19(4)24-17(2)28-29-18(3)25(24)20(30)5/h6-13H,14-15H2,1-5H3,(H,27,31). The van der Waals surface area contributed by atoms with E-state index in [1.165, 1.54) is 11.1 Å². The second-order valence-electron chi connectivity index (χ2n) is 8.11. The van der Waals surface area contributed by atoms with Gasteiger partial charge in [0.25, 0.3) is 5.91 Å². The largest absolute Gasteiger partial charge is 0.352 e. The van der Waals surface area contributed by atoms with Crippen molar-refractivity contribution < 1.29 is 4.79 Å². The molecule has 0 saturated heterocycles. The zero-order valence-electron chi connectivity index (χ0n) is 18.8. The van der Waals surface area contributed by atoms with Crippen molar-refractivity contribution in [1.29, 1.82) is 0 Å². The fraction of sp³-hybridized carbons (Fsp3) is 0.269. The van der Waals surface area contributed by atoms with Gasteiger partial charge in [-0.1, -0.05) is 24.3 Å². The number of aryl methyl sites for hydroxylation is 5. The van der Waals surface area contributed by atoms with Crippen molar-refractivity contribution in [3.8, 4) is 5.69 Å². The number of benzene rings is 2. The lowest BCUT2D eigenvalue weighted by Crippen LogP contribution is -2.25. The van der Waals surface area contributed by atoms with Gasteiger partial charge in [0.05, 0.1) is 11.4 Å². The van der Waals surface area contributed by atoms with E-state index in [9.17, 15) is 4.79 Å². The molecule has 0 aliphatic heterocycles. The van der Waals surface area contributed by atoms with Crippen molar-refractivity contribution in [3.05, 3.63) is 88.0 Å². The Labute approximate surface area is 183 Å². The molecule has 2 aromatic carbocycles. The molecular weight excluding hydrogens is 384 g/mol. The van der Waals surface area contributed by atoms with E-state index in [4.69, 9.17) is 0 Å². The van der Waals surface area contributed by atoms with Crippen LogP contribution in [0.3, 0.4) is 0 Å². The highest BCUT2D eigenvalue weighted by Gasteiger charge is 2.17. The van der Waals surface area contributed by atoms with Gasteiger partial charge in [0.1, 0.15) is 0 Å². The molecule has 5 heteroatoms. The third-order valence-electron chi connectivity index (χ3n) is 6.05. The van der Waals surface area contributed by atoms with Gasteiger partial charge >= 0.3 is 0 Å². The average Bonchev–Trinajstić information content (AvgIpc) is 3.03. The molecule has 0 spiro atoms. The number of rotatable bonds is 5. The lowest BCUT2D eigenvalue weighted by atomic mass is 10.1. The second kappa shape index (κ2) is 8.34. The van der Waals surface area contributed by atoms with Crippen LogP contribution in [0.2, 0.25) is 0 Å². The minimum Gasteiger partial charge on any atom is -0.352 e. The SMILES string of the molecule is Cc1ccccc1CCNC(=O)c1ccc(-n2c(C)c3c(C)nnc(C)c3c2C)cc1. The minimum atomic E-state index is -0.0497. The summed E-state index contributed by atoms with van der Waals surface area (Å²) in [4.78, 5) is 12.6. The van der Waals surface area contributed by atoms with Gasteiger partial charge in [0.15, 0.2) is 0 Å². The lowest BCUT2D eigenvalue weighted by molar-refractivity contribution is 0.0954. The third-order valence-corrected chi connectivity index (χ3v) is 6.05. The van der Waals surface area contributed by atoms with E-state index in [2.05, 4.69) is 53.0 Å². The fourth-order valence-corrected chi connectivity index (χ4v) is 4.42. The maximum Gasteiger partial charge on any atom is 0.251 e. The van der Waals surface area contributed by atoms with Crippen LogP contribution in [0.15, 0.2) is 48.5 Å². The van der Waals surface area contributed by atoms with Crippen LogP contribution >= 0.6 is 0 Å². The van der Waals surface area contributed by atoms with E-state index in [1.54, 1.807) is 0 Å². The lowest BCUT2D eigenvalue weighted by Gasteiger charge is -2.11. The van der Waals surface area contributed by atoms with Gasteiger partial charge in [-0.25, -0.2) is 0 Å². The van der Waals surface area contributed by atoms with Gasteiger partial charge in [0, 0.05) is 40.0 Å². The zero-order chi connectivity index (χ0) is 22.1. The molecule has 158 valence electrons. The number of nitrogens with one attached hydrogen (secondary N) is 1. The van der Waals surface area contributed by atoms with Gasteiger partial charge in [-0.2, -0.15) is 10.2 Å². The first-order valence-electron chi connectivity index (χ1n) is 10.6. The van der Waals surface area contributed by atoms with Crippen LogP contribution in [0, 0.1) is 34.6 Å². The minimum absolute atomic E-state index is 0.0497. The molecule has 31 heavy (non-hydrogen) atoms. The third kappa shape index (κ3) is 3.83. The van der Waals surface area contributed by atoms with Gasteiger partial charge in [0.2, 0.25) is 0 Å². The number of aromatic nitrogens is 3. The molecule has 2 heterocycles. The topological polar surface area (TPSA) is 59.8 Å². The smallest absolute Gasteiger partial charge is 0.251 e. The Morgan fingerprint density at radius 1 is 0.839 bits per heavy atom. The molecule has 2 aromatic heterocycles. The Morgan fingerprint density at radius 3 is 2.00 bits per heavy atom. The van der Waals surface area contributed by atoms with E-state index < -0.39 is 0 Å². The van der Waals surface area contributed by atoms with Crippen molar-refractivity contribution in [3.63, 3.8) is 0 Å². The van der Waals surface area contributed by atoms with E-state index in [-0.39, 0.29) is 5.91 Å². The highest BCUT2D eigenvalue weighted by molar-refractivity contribution is 5.95. The summed E-state index contributed by atoms with van der Waals surface area (Å²) in [6.07, 6.45) is 0.825. The predicted octanol–water partition coefficient (Wildman–Crippen LogP) is 4.94. The average molecular weight is 413 g/mol. The number of hydrogen-bond acceptors (Lipinski definition) is 3. The fourth-order valence-electron chi connectivity index (χ4n) is 4.42. The summed E-state index contributed by atoms with van der Waals surface area (Å²) >= 11 is 0. The molecule has 0 saturated carbocycles. The van der Waals surface area contributed by atoms with E-state index in [0.717, 1.165) is 45.7 Å². The Hall–Kier alpha value is -3.47. The van der Waals surface area contributed by atoms with Crippen LogP contribution in [0.1, 0.15) is 44.3 Å². The highest BCUT2D eigenvalue weighted by atomic mass is 16.1. The monoisotopic (exact) mass is 412 g/mol. The molecule has 0 bridgehead atoms. The number of nitrogens with zero attached hydrogens (tertiary/aromatic N) is 3. The van der Waals surface area contributed by atoms with E-state index in [1.807, 2.05) is 50.2 Å². The normalized spacial score (nSPS) is 11.1. The maximum absolute atomic E-state index is 12.6. The van der Waals surface area contributed by atoms with Crippen LogP contribution in [-0.4, -0.2) is 27.2 Å². The van der Waals surface area contributed by atoms with Crippen LogP contribution in [0.5, 0.6) is 0 Å². The molecule has 4 rings (SSSR count). The van der Waals surface area contributed by atoms with Crippen molar-refractivity contribution >= 4 is 16.7 Å². The first-order valence-corrected chi connectivity index (χ1v) is 10.6. The summed E-state index contributed by atoms with van der Waals surface area (Å²) < 4.78 is 2.22. The quantitative estimate of drug-likeness (QED) is 0.505. The molecule has 0 atom stereocenters. The van der Waals surface area contributed by atoms with Gasteiger partial charge in [-0.15, -0.1) is 0 Å². The number of carbonyl (C=O) groups is 1. The Balaban J connectivity index is 1.53. The van der Waals surface area contributed by atoms with E-state index in [0.29, 0.717) is 12.1 Å². The van der Waals surface area contributed by atoms with Crippen molar-refractivity contribution in [2.45, 2.75) is 41.0 Å². The Bertz CT molecular complexity index is 1220. The van der Waals surface area contributed by atoms with E-state index >= 15 is 0 Å². The maximum atomic E-state index is 12.6. The molecule has 1 N–H and O–H groups in total. The van der Waals surface area contributed by atoms with Gasteiger partial charge in [-0.3, -0.25) is 4.79 Å².